The molecule has 0 aliphatic heterocycles. The molecule has 2 fully saturated rings. The smallest absolute Gasteiger partial charge is 0.0791 e. The van der Waals surface area contributed by atoms with Gasteiger partial charge in [-0.15, -0.1) is 0 Å². The number of aliphatic hydroxyl groups excluding tert-OH is 1. The van der Waals surface area contributed by atoms with E-state index in [4.69, 9.17) is 0 Å². The van der Waals surface area contributed by atoms with Gasteiger partial charge in [-0.3, -0.25) is 4.90 Å². The fourth-order valence-corrected chi connectivity index (χ4v) is 2.15. The standard InChI is InChI=1S/C13H26N2O/c1-2-3-8-15(12-6-7-12)10-13(16)9-14-11-4-5-11/h11-14,16H,2-10H2,1H3. The molecule has 2 aliphatic rings. The molecule has 1 atom stereocenters. The SMILES string of the molecule is CCCCN(CC(O)CNC1CC1)C1CC1. The Hall–Kier alpha value is -0.120. The van der Waals surface area contributed by atoms with Gasteiger partial charge in [-0.2, -0.15) is 0 Å². The topological polar surface area (TPSA) is 35.5 Å². The van der Waals surface area contributed by atoms with Gasteiger partial charge in [-0.05, 0) is 38.6 Å². The molecular weight excluding hydrogens is 200 g/mol. The molecule has 0 radical (unpaired) electrons. The van der Waals surface area contributed by atoms with E-state index in [0.717, 1.165) is 19.1 Å². The normalized spacial score (nSPS) is 22.7. The lowest BCUT2D eigenvalue weighted by Crippen LogP contribution is -2.40. The van der Waals surface area contributed by atoms with Crippen LogP contribution < -0.4 is 5.32 Å². The monoisotopic (exact) mass is 226 g/mol. The summed E-state index contributed by atoms with van der Waals surface area (Å²) in [6.07, 6.45) is 7.61. The summed E-state index contributed by atoms with van der Waals surface area (Å²) >= 11 is 0. The van der Waals surface area contributed by atoms with Crippen LogP contribution in [0.15, 0.2) is 0 Å². The average molecular weight is 226 g/mol. The number of unbranched alkanes of at least 4 members (excludes halogenated alkanes) is 1. The summed E-state index contributed by atoms with van der Waals surface area (Å²) in [6, 6.07) is 1.49. The van der Waals surface area contributed by atoms with Gasteiger partial charge >= 0.3 is 0 Å². The molecule has 0 saturated heterocycles. The second-order valence-corrected chi connectivity index (χ2v) is 5.42. The highest BCUT2D eigenvalue weighted by Gasteiger charge is 2.30. The van der Waals surface area contributed by atoms with Crippen LogP contribution >= 0.6 is 0 Å². The molecule has 2 aliphatic carbocycles. The van der Waals surface area contributed by atoms with E-state index in [0.29, 0.717) is 6.04 Å². The Labute approximate surface area is 99.2 Å². The van der Waals surface area contributed by atoms with Crippen LogP contribution in [0.4, 0.5) is 0 Å². The molecule has 3 nitrogen and oxygen atoms in total. The van der Waals surface area contributed by atoms with E-state index in [1.165, 1.54) is 45.1 Å². The van der Waals surface area contributed by atoms with Gasteiger partial charge in [0.2, 0.25) is 0 Å². The van der Waals surface area contributed by atoms with E-state index in [1.54, 1.807) is 0 Å². The molecule has 94 valence electrons. The largest absolute Gasteiger partial charge is 0.390 e. The molecule has 0 aromatic heterocycles. The Morgan fingerprint density at radius 2 is 2.06 bits per heavy atom. The number of nitrogens with one attached hydrogen (secondary N) is 1. The Morgan fingerprint density at radius 1 is 1.31 bits per heavy atom. The molecule has 16 heavy (non-hydrogen) atoms. The third kappa shape index (κ3) is 4.40. The van der Waals surface area contributed by atoms with Crippen molar-refractivity contribution in [3.63, 3.8) is 0 Å². The minimum atomic E-state index is -0.182. The van der Waals surface area contributed by atoms with Gasteiger partial charge in [0.25, 0.3) is 0 Å². The molecule has 0 heterocycles. The van der Waals surface area contributed by atoms with Crippen molar-refractivity contribution in [1.29, 1.82) is 0 Å². The van der Waals surface area contributed by atoms with Gasteiger partial charge in [0.1, 0.15) is 0 Å². The van der Waals surface area contributed by atoms with Crippen LogP contribution in [-0.4, -0.2) is 47.8 Å². The molecule has 0 aromatic carbocycles. The summed E-state index contributed by atoms with van der Waals surface area (Å²) in [5.41, 5.74) is 0. The second kappa shape index (κ2) is 5.99. The zero-order valence-corrected chi connectivity index (χ0v) is 10.5. The zero-order chi connectivity index (χ0) is 11.4. The first-order chi connectivity index (χ1) is 7.79. The van der Waals surface area contributed by atoms with Crippen molar-refractivity contribution in [2.24, 2.45) is 0 Å². The van der Waals surface area contributed by atoms with Crippen LogP contribution in [0.3, 0.4) is 0 Å². The molecule has 1 unspecified atom stereocenters. The predicted molar refractivity (Wildman–Crippen MR) is 66.5 cm³/mol. The van der Waals surface area contributed by atoms with Gasteiger partial charge in [-0.1, -0.05) is 13.3 Å². The van der Waals surface area contributed by atoms with E-state index in [1.807, 2.05) is 0 Å². The second-order valence-electron chi connectivity index (χ2n) is 5.42. The number of aliphatic hydroxyl groups is 1. The summed E-state index contributed by atoms with van der Waals surface area (Å²) in [7, 11) is 0. The molecule has 0 spiro atoms. The van der Waals surface area contributed by atoms with Crippen molar-refractivity contribution in [3.05, 3.63) is 0 Å². The van der Waals surface area contributed by atoms with E-state index < -0.39 is 0 Å². The lowest BCUT2D eigenvalue weighted by molar-refractivity contribution is 0.106. The maximum absolute atomic E-state index is 9.97. The molecule has 0 bridgehead atoms. The van der Waals surface area contributed by atoms with Crippen LogP contribution in [0.2, 0.25) is 0 Å². The Balaban J connectivity index is 1.62. The van der Waals surface area contributed by atoms with Crippen LogP contribution in [0.25, 0.3) is 0 Å². The maximum Gasteiger partial charge on any atom is 0.0791 e. The summed E-state index contributed by atoms with van der Waals surface area (Å²) in [6.45, 7) is 5.04. The van der Waals surface area contributed by atoms with E-state index in [2.05, 4.69) is 17.1 Å². The fourth-order valence-electron chi connectivity index (χ4n) is 2.15. The molecule has 0 aromatic rings. The highest BCUT2D eigenvalue weighted by Crippen LogP contribution is 2.27. The van der Waals surface area contributed by atoms with Crippen molar-refractivity contribution < 1.29 is 5.11 Å². The van der Waals surface area contributed by atoms with E-state index >= 15 is 0 Å². The summed E-state index contributed by atoms with van der Waals surface area (Å²) in [4.78, 5) is 2.49. The summed E-state index contributed by atoms with van der Waals surface area (Å²) in [5, 5.41) is 13.4. The quantitative estimate of drug-likeness (QED) is 0.623. The molecule has 0 amide bonds. The highest BCUT2D eigenvalue weighted by molar-refractivity contribution is 4.87. The first kappa shape index (κ1) is 12.3. The molecular formula is C13H26N2O. The number of hydrogen-bond acceptors (Lipinski definition) is 3. The third-order valence-electron chi connectivity index (χ3n) is 3.53. The number of hydrogen-bond donors (Lipinski definition) is 2. The van der Waals surface area contributed by atoms with Gasteiger partial charge in [0.05, 0.1) is 6.10 Å². The lowest BCUT2D eigenvalue weighted by atomic mass is 10.2. The van der Waals surface area contributed by atoms with E-state index in [-0.39, 0.29) is 6.10 Å². The molecule has 2 rings (SSSR count). The van der Waals surface area contributed by atoms with Crippen LogP contribution in [0, 0.1) is 0 Å². The van der Waals surface area contributed by atoms with Gasteiger partial charge in [-0.25, -0.2) is 0 Å². The summed E-state index contributed by atoms with van der Waals surface area (Å²) in [5.74, 6) is 0. The highest BCUT2D eigenvalue weighted by atomic mass is 16.3. The fraction of sp³-hybridized carbons (Fsp3) is 1.00. The minimum absolute atomic E-state index is 0.182. The predicted octanol–water partition coefficient (Wildman–Crippen LogP) is 1.36. The van der Waals surface area contributed by atoms with Gasteiger partial charge < -0.3 is 10.4 Å². The Kier molecular flexibility index (Phi) is 4.62. The van der Waals surface area contributed by atoms with Gasteiger partial charge in [0.15, 0.2) is 0 Å². The van der Waals surface area contributed by atoms with Crippen molar-refractivity contribution in [3.8, 4) is 0 Å². The number of rotatable bonds is 9. The molecule has 2 saturated carbocycles. The average Bonchev–Trinajstić information content (AvgIpc) is 3.15. The minimum Gasteiger partial charge on any atom is -0.390 e. The lowest BCUT2D eigenvalue weighted by Gasteiger charge is -2.25. The molecule has 3 heteroatoms. The summed E-state index contributed by atoms with van der Waals surface area (Å²) < 4.78 is 0. The zero-order valence-electron chi connectivity index (χ0n) is 10.5. The Bertz CT molecular complexity index is 202. The van der Waals surface area contributed by atoms with Crippen LogP contribution in [-0.2, 0) is 0 Å². The van der Waals surface area contributed by atoms with Crippen molar-refractivity contribution >= 4 is 0 Å². The van der Waals surface area contributed by atoms with Crippen molar-refractivity contribution in [2.45, 2.75) is 63.6 Å². The van der Waals surface area contributed by atoms with Crippen LogP contribution in [0.1, 0.15) is 45.4 Å². The number of nitrogens with zero attached hydrogens (tertiary/aromatic N) is 1. The Morgan fingerprint density at radius 3 is 2.62 bits per heavy atom. The first-order valence-electron chi connectivity index (χ1n) is 6.95. The van der Waals surface area contributed by atoms with Crippen molar-refractivity contribution in [1.82, 2.24) is 10.2 Å². The van der Waals surface area contributed by atoms with E-state index in [9.17, 15) is 5.11 Å². The van der Waals surface area contributed by atoms with Gasteiger partial charge in [0, 0.05) is 25.2 Å². The third-order valence-corrected chi connectivity index (χ3v) is 3.53. The van der Waals surface area contributed by atoms with Crippen LogP contribution in [0.5, 0.6) is 0 Å². The molecule has 2 N–H and O–H groups in total. The van der Waals surface area contributed by atoms with Crippen molar-refractivity contribution in [2.75, 3.05) is 19.6 Å². The maximum atomic E-state index is 9.97. The first-order valence-corrected chi connectivity index (χ1v) is 6.95.